The largest absolute Gasteiger partial charge is 0.495 e. The first-order valence-electron chi connectivity index (χ1n) is 5.48. The molecule has 1 aliphatic rings. The molecule has 3 nitrogen and oxygen atoms in total. The lowest BCUT2D eigenvalue weighted by Gasteiger charge is -2.32. The van der Waals surface area contributed by atoms with Gasteiger partial charge in [-0.1, -0.05) is 19.3 Å². The summed E-state index contributed by atoms with van der Waals surface area (Å²) in [6, 6.07) is 3.68. The first-order valence-corrected chi connectivity index (χ1v) is 5.48. The van der Waals surface area contributed by atoms with Gasteiger partial charge in [0.25, 0.3) is 0 Å². The molecule has 1 aromatic rings. The number of hydrogen-bond acceptors (Lipinski definition) is 3. The lowest BCUT2D eigenvalue weighted by Crippen LogP contribution is -2.30. The molecule has 0 atom stereocenters. The van der Waals surface area contributed by atoms with Crippen molar-refractivity contribution >= 4 is 0 Å². The molecule has 0 bridgehead atoms. The maximum Gasteiger partial charge on any atom is 0.143 e. The third-order valence-electron chi connectivity index (χ3n) is 3.11. The number of rotatable bonds is 2. The van der Waals surface area contributed by atoms with Crippen LogP contribution in [0.5, 0.6) is 5.75 Å². The van der Waals surface area contributed by atoms with Gasteiger partial charge in [-0.25, -0.2) is 0 Å². The summed E-state index contributed by atoms with van der Waals surface area (Å²) >= 11 is 0. The van der Waals surface area contributed by atoms with E-state index >= 15 is 0 Å². The number of aromatic nitrogens is 1. The van der Waals surface area contributed by atoms with E-state index < -0.39 is 5.60 Å². The minimum Gasteiger partial charge on any atom is -0.495 e. The van der Waals surface area contributed by atoms with E-state index in [2.05, 4.69) is 4.98 Å². The summed E-state index contributed by atoms with van der Waals surface area (Å²) < 4.78 is 5.24. The molecule has 1 fully saturated rings. The Balaban J connectivity index is 2.34. The van der Waals surface area contributed by atoms with Gasteiger partial charge in [0.1, 0.15) is 17.0 Å². The fraction of sp³-hybridized carbons (Fsp3) is 0.583. The smallest absolute Gasteiger partial charge is 0.143 e. The van der Waals surface area contributed by atoms with Crippen molar-refractivity contribution in [3.05, 3.63) is 24.0 Å². The van der Waals surface area contributed by atoms with Crippen LogP contribution in [0.15, 0.2) is 18.3 Å². The fourth-order valence-electron chi connectivity index (χ4n) is 2.28. The van der Waals surface area contributed by atoms with Crippen LogP contribution in [0.25, 0.3) is 0 Å². The van der Waals surface area contributed by atoms with Gasteiger partial charge >= 0.3 is 0 Å². The van der Waals surface area contributed by atoms with Gasteiger partial charge in [-0.15, -0.1) is 0 Å². The molecule has 1 heterocycles. The molecule has 0 spiro atoms. The molecule has 0 amide bonds. The molecule has 0 aliphatic heterocycles. The summed E-state index contributed by atoms with van der Waals surface area (Å²) in [5, 5.41) is 10.5. The second-order valence-corrected chi connectivity index (χ2v) is 4.15. The van der Waals surface area contributed by atoms with Crippen molar-refractivity contribution in [1.29, 1.82) is 0 Å². The van der Waals surface area contributed by atoms with Crippen LogP contribution in [0, 0.1) is 0 Å². The summed E-state index contributed by atoms with van der Waals surface area (Å²) in [4.78, 5) is 4.27. The standard InChI is InChI=1S/C12H17NO2/c1-15-10-6-5-9-13-11(10)12(14)7-3-2-4-8-12/h5-6,9,14H,2-4,7-8H2,1H3. The van der Waals surface area contributed by atoms with Gasteiger partial charge in [-0.05, 0) is 25.0 Å². The van der Waals surface area contributed by atoms with E-state index in [1.165, 1.54) is 6.42 Å². The Morgan fingerprint density at radius 3 is 2.73 bits per heavy atom. The second kappa shape index (κ2) is 4.19. The van der Waals surface area contributed by atoms with Gasteiger partial charge in [0.05, 0.1) is 7.11 Å². The zero-order chi connectivity index (χ0) is 10.7. The van der Waals surface area contributed by atoms with Gasteiger partial charge in [-0.2, -0.15) is 0 Å². The first kappa shape index (κ1) is 10.4. The Kier molecular flexibility index (Phi) is 2.91. The molecule has 15 heavy (non-hydrogen) atoms. The molecular weight excluding hydrogens is 190 g/mol. The predicted molar refractivity (Wildman–Crippen MR) is 57.8 cm³/mol. The van der Waals surface area contributed by atoms with E-state index in [9.17, 15) is 5.11 Å². The topological polar surface area (TPSA) is 42.4 Å². The van der Waals surface area contributed by atoms with Crippen molar-refractivity contribution in [2.75, 3.05) is 7.11 Å². The molecule has 1 saturated carbocycles. The Morgan fingerprint density at radius 2 is 2.07 bits per heavy atom. The van der Waals surface area contributed by atoms with Crippen molar-refractivity contribution in [3.63, 3.8) is 0 Å². The van der Waals surface area contributed by atoms with Gasteiger partial charge in [0.15, 0.2) is 0 Å². The van der Waals surface area contributed by atoms with Crippen LogP contribution in [0.2, 0.25) is 0 Å². The average molecular weight is 207 g/mol. The van der Waals surface area contributed by atoms with Gasteiger partial charge < -0.3 is 9.84 Å². The molecule has 1 N–H and O–H groups in total. The lowest BCUT2D eigenvalue weighted by molar-refractivity contribution is -0.00670. The van der Waals surface area contributed by atoms with Crippen LogP contribution in [0.3, 0.4) is 0 Å². The molecule has 1 aliphatic carbocycles. The molecule has 3 heteroatoms. The molecule has 0 radical (unpaired) electrons. The summed E-state index contributed by atoms with van der Waals surface area (Å²) in [5.74, 6) is 0.696. The van der Waals surface area contributed by atoms with Crippen LogP contribution in [-0.4, -0.2) is 17.2 Å². The van der Waals surface area contributed by atoms with Crippen molar-refractivity contribution in [1.82, 2.24) is 4.98 Å². The number of hydrogen-bond donors (Lipinski definition) is 1. The molecule has 0 unspecified atom stereocenters. The Hall–Kier alpha value is -1.09. The molecular formula is C12H17NO2. The van der Waals surface area contributed by atoms with E-state index in [4.69, 9.17) is 4.74 Å². The van der Waals surface area contributed by atoms with Crippen LogP contribution < -0.4 is 4.74 Å². The van der Waals surface area contributed by atoms with Gasteiger partial charge in [0.2, 0.25) is 0 Å². The minimum atomic E-state index is -0.773. The molecule has 0 saturated heterocycles. The number of ether oxygens (including phenoxy) is 1. The first-order chi connectivity index (χ1) is 7.26. The Bertz CT molecular complexity index is 332. The maximum absolute atomic E-state index is 10.5. The van der Waals surface area contributed by atoms with Crippen molar-refractivity contribution in [2.24, 2.45) is 0 Å². The zero-order valence-corrected chi connectivity index (χ0v) is 9.07. The maximum atomic E-state index is 10.5. The van der Waals surface area contributed by atoms with Gasteiger partial charge in [-0.3, -0.25) is 4.98 Å². The van der Waals surface area contributed by atoms with Crippen LogP contribution in [0.4, 0.5) is 0 Å². The summed E-state index contributed by atoms with van der Waals surface area (Å²) in [7, 11) is 1.62. The normalized spacial score (nSPS) is 19.9. The van der Waals surface area contributed by atoms with E-state index in [0.29, 0.717) is 11.4 Å². The van der Waals surface area contributed by atoms with Crippen molar-refractivity contribution in [2.45, 2.75) is 37.7 Å². The van der Waals surface area contributed by atoms with Gasteiger partial charge in [0, 0.05) is 6.20 Å². The highest BCUT2D eigenvalue weighted by Gasteiger charge is 2.34. The predicted octanol–water partition coefficient (Wildman–Crippen LogP) is 2.24. The number of nitrogens with zero attached hydrogens (tertiary/aromatic N) is 1. The highest BCUT2D eigenvalue weighted by molar-refractivity contribution is 5.31. The Labute approximate surface area is 90.1 Å². The van der Waals surface area contributed by atoms with Crippen molar-refractivity contribution < 1.29 is 9.84 Å². The molecule has 0 aromatic carbocycles. The highest BCUT2D eigenvalue weighted by atomic mass is 16.5. The second-order valence-electron chi connectivity index (χ2n) is 4.15. The van der Waals surface area contributed by atoms with Crippen LogP contribution >= 0.6 is 0 Å². The monoisotopic (exact) mass is 207 g/mol. The SMILES string of the molecule is COc1cccnc1C1(O)CCCCC1. The average Bonchev–Trinajstić information content (AvgIpc) is 2.30. The van der Waals surface area contributed by atoms with E-state index in [-0.39, 0.29) is 0 Å². The minimum absolute atomic E-state index is 0.696. The highest BCUT2D eigenvalue weighted by Crippen LogP contribution is 2.39. The number of pyridine rings is 1. The molecule has 2 rings (SSSR count). The Morgan fingerprint density at radius 1 is 1.33 bits per heavy atom. The quantitative estimate of drug-likeness (QED) is 0.808. The molecule has 1 aromatic heterocycles. The van der Waals surface area contributed by atoms with E-state index in [0.717, 1.165) is 25.7 Å². The van der Waals surface area contributed by atoms with E-state index in [1.54, 1.807) is 13.3 Å². The third kappa shape index (κ3) is 1.97. The number of methoxy groups -OCH3 is 1. The zero-order valence-electron chi connectivity index (χ0n) is 9.07. The molecule has 82 valence electrons. The van der Waals surface area contributed by atoms with Crippen molar-refractivity contribution in [3.8, 4) is 5.75 Å². The van der Waals surface area contributed by atoms with Crippen LogP contribution in [0.1, 0.15) is 37.8 Å². The van der Waals surface area contributed by atoms with E-state index in [1.807, 2.05) is 12.1 Å². The fourth-order valence-corrected chi connectivity index (χ4v) is 2.28. The summed E-state index contributed by atoms with van der Waals surface area (Å²) in [6.45, 7) is 0. The summed E-state index contributed by atoms with van der Waals surface area (Å²) in [6.07, 6.45) is 6.63. The van der Waals surface area contributed by atoms with Crippen LogP contribution in [-0.2, 0) is 5.60 Å². The number of aliphatic hydroxyl groups is 1. The third-order valence-corrected chi connectivity index (χ3v) is 3.11. The lowest BCUT2D eigenvalue weighted by atomic mass is 9.82. The summed E-state index contributed by atoms with van der Waals surface area (Å²) in [5.41, 5.74) is -0.0719.